The summed E-state index contributed by atoms with van der Waals surface area (Å²) in [4.78, 5) is 0. The molecule has 1 aliphatic rings. The molecule has 0 saturated carbocycles. The van der Waals surface area contributed by atoms with Crippen LogP contribution in [0.3, 0.4) is 0 Å². The molecule has 0 radical (unpaired) electrons. The second kappa shape index (κ2) is 5.59. The average Bonchev–Trinajstić information content (AvgIpc) is 3.09. The van der Waals surface area contributed by atoms with Gasteiger partial charge in [0.2, 0.25) is 0 Å². The van der Waals surface area contributed by atoms with Crippen LogP contribution in [0.25, 0.3) is 0 Å². The zero-order valence-corrected chi connectivity index (χ0v) is 11.2. The van der Waals surface area contributed by atoms with Crippen LogP contribution in [-0.2, 0) is 18.0 Å². The molecule has 1 aromatic heterocycles. The molecule has 3 nitrogen and oxygen atoms in total. The Bertz CT molecular complexity index is 534. The lowest BCUT2D eigenvalue weighted by molar-refractivity contribution is 0.134. The van der Waals surface area contributed by atoms with Crippen LogP contribution in [0.2, 0.25) is 0 Å². The fraction of sp³-hybridized carbons (Fsp3) is 0.375. The van der Waals surface area contributed by atoms with Gasteiger partial charge in [-0.1, -0.05) is 25.1 Å². The summed E-state index contributed by atoms with van der Waals surface area (Å²) in [5, 5.41) is 3.54. The van der Waals surface area contributed by atoms with Gasteiger partial charge in [0, 0.05) is 0 Å². The average molecular weight is 257 g/mol. The number of furan rings is 1. The molecule has 1 aromatic carbocycles. The van der Waals surface area contributed by atoms with Crippen LogP contribution in [0.5, 0.6) is 0 Å². The fourth-order valence-corrected chi connectivity index (χ4v) is 2.50. The van der Waals surface area contributed by atoms with Crippen molar-refractivity contribution >= 4 is 0 Å². The van der Waals surface area contributed by atoms with E-state index in [-0.39, 0.29) is 6.04 Å². The molecule has 3 rings (SSSR count). The van der Waals surface area contributed by atoms with E-state index in [1.807, 2.05) is 12.1 Å². The number of nitrogens with one attached hydrogen (secondary N) is 1. The standard InChI is InChI=1S/C16H19NO2/c1-2-7-17-16(15-4-3-8-19-15)12-5-6-13-10-18-11-14(13)9-12/h3-6,8-9,16-17H,2,7,10-11H2,1H3. The first kappa shape index (κ1) is 12.5. The van der Waals surface area contributed by atoms with Gasteiger partial charge in [-0.2, -0.15) is 0 Å². The Morgan fingerprint density at radius 2 is 2.11 bits per heavy atom. The number of hydrogen-bond donors (Lipinski definition) is 1. The summed E-state index contributed by atoms with van der Waals surface area (Å²) >= 11 is 0. The summed E-state index contributed by atoms with van der Waals surface area (Å²) in [6, 6.07) is 10.7. The maximum Gasteiger partial charge on any atom is 0.125 e. The Morgan fingerprint density at radius 3 is 2.89 bits per heavy atom. The predicted molar refractivity (Wildman–Crippen MR) is 73.8 cm³/mol. The first-order valence-corrected chi connectivity index (χ1v) is 6.84. The predicted octanol–water partition coefficient (Wildman–Crippen LogP) is 3.40. The van der Waals surface area contributed by atoms with Crippen molar-refractivity contribution in [2.75, 3.05) is 6.54 Å². The van der Waals surface area contributed by atoms with Crippen LogP contribution in [-0.4, -0.2) is 6.54 Å². The first-order chi connectivity index (χ1) is 9.38. The summed E-state index contributed by atoms with van der Waals surface area (Å²) in [6.07, 6.45) is 2.83. The molecule has 0 saturated heterocycles. The van der Waals surface area contributed by atoms with Crippen molar-refractivity contribution in [1.82, 2.24) is 5.32 Å². The van der Waals surface area contributed by atoms with Crippen molar-refractivity contribution in [3.8, 4) is 0 Å². The second-order valence-corrected chi connectivity index (χ2v) is 4.92. The van der Waals surface area contributed by atoms with E-state index in [2.05, 4.69) is 30.4 Å². The second-order valence-electron chi connectivity index (χ2n) is 4.92. The van der Waals surface area contributed by atoms with E-state index in [1.54, 1.807) is 6.26 Å². The third-order valence-corrected chi connectivity index (χ3v) is 3.50. The largest absolute Gasteiger partial charge is 0.467 e. The smallest absolute Gasteiger partial charge is 0.125 e. The van der Waals surface area contributed by atoms with Gasteiger partial charge in [-0.3, -0.25) is 0 Å². The third kappa shape index (κ3) is 2.57. The lowest BCUT2D eigenvalue weighted by Crippen LogP contribution is -2.22. The number of benzene rings is 1. The Kier molecular flexibility index (Phi) is 3.67. The normalized spacial score (nSPS) is 15.4. The van der Waals surface area contributed by atoms with E-state index >= 15 is 0 Å². The van der Waals surface area contributed by atoms with Crippen molar-refractivity contribution in [3.05, 3.63) is 59.0 Å². The molecular formula is C16H19NO2. The van der Waals surface area contributed by atoms with E-state index in [4.69, 9.17) is 9.15 Å². The van der Waals surface area contributed by atoms with Crippen LogP contribution in [0, 0.1) is 0 Å². The highest BCUT2D eigenvalue weighted by molar-refractivity contribution is 5.37. The molecule has 19 heavy (non-hydrogen) atoms. The Hall–Kier alpha value is -1.58. The van der Waals surface area contributed by atoms with E-state index in [0.29, 0.717) is 0 Å². The summed E-state index contributed by atoms with van der Waals surface area (Å²) < 4.78 is 11.1. The minimum atomic E-state index is 0.126. The van der Waals surface area contributed by atoms with E-state index in [1.165, 1.54) is 16.7 Å². The zero-order valence-electron chi connectivity index (χ0n) is 11.2. The van der Waals surface area contributed by atoms with Crippen LogP contribution in [0.15, 0.2) is 41.0 Å². The number of fused-ring (bicyclic) bond motifs is 1. The molecule has 1 aliphatic heterocycles. The summed E-state index contributed by atoms with van der Waals surface area (Å²) in [5.74, 6) is 0.965. The number of hydrogen-bond acceptors (Lipinski definition) is 3. The molecule has 1 atom stereocenters. The molecule has 3 heteroatoms. The minimum Gasteiger partial charge on any atom is -0.467 e. The molecule has 0 spiro atoms. The molecule has 100 valence electrons. The van der Waals surface area contributed by atoms with Gasteiger partial charge in [-0.15, -0.1) is 0 Å². The van der Waals surface area contributed by atoms with Gasteiger partial charge in [0.05, 0.1) is 25.5 Å². The van der Waals surface area contributed by atoms with Gasteiger partial charge < -0.3 is 14.5 Å². The van der Waals surface area contributed by atoms with Crippen molar-refractivity contribution < 1.29 is 9.15 Å². The van der Waals surface area contributed by atoms with Gasteiger partial charge in [0.1, 0.15) is 5.76 Å². The van der Waals surface area contributed by atoms with Gasteiger partial charge in [0.25, 0.3) is 0 Å². The highest BCUT2D eigenvalue weighted by Gasteiger charge is 2.19. The Balaban J connectivity index is 1.90. The number of ether oxygens (including phenoxy) is 1. The van der Waals surface area contributed by atoms with Crippen LogP contribution in [0.4, 0.5) is 0 Å². The van der Waals surface area contributed by atoms with Crippen molar-refractivity contribution in [2.45, 2.75) is 32.6 Å². The lowest BCUT2D eigenvalue weighted by atomic mass is 9.99. The highest BCUT2D eigenvalue weighted by Crippen LogP contribution is 2.27. The van der Waals surface area contributed by atoms with Gasteiger partial charge >= 0.3 is 0 Å². The molecule has 0 amide bonds. The molecule has 1 N–H and O–H groups in total. The topological polar surface area (TPSA) is 34.4 Å². The van der Waals surface area contributed by atoms with Crippen molar-refractivity contribution in [2.24, 2.45) is 0 Å². The molecule has 2 aromatic rings. The lowest BCUT2D eigenvalue weighted by Gasteiger charge is -2.17. The molecular weight excluding hydrogens is 238 g/mol. The molecule has 0 aliphatic carbocycles. The summed E-state index contributed by atoms with van der Waals surface area (Å²) in [5.41, 5.74) is 3.84. The number of rotatable bonds is 5. The molecule has 1 unspecified atom stereocenters. The third-order valence-electron chi connectivity index (χ3n) is 3.50. The van der Waals surface area contributed by atoms with Gasteiger partial charge in [-0.25, -0.2) is 0 Å². The van der Waals surface area contributed by atoms with E-state index in [0.717, 1.165) is 31.9 Å². The van der Waals surface area contributed by atoms with Gasteiger partial charge in [0.15, 0.2) is 0 Å². The Labute approximate surface area is 113 Å². The molecule has 0 fully saturated rings. The van der Waals surface area contributed by atoms with Crippen molar-refractivity contribution in [1.29, 1.82) is 0 Å². The monoisotopic (exact) mass is 257 g/mol. The quantitative estimate of drug-likeness (QED) is 0.891. The zero-order chi connectivity index (χ0) is 13.1. The summed E-state index contributed by atoms with van der Waals surface area (Å²) in [7, 11) is 0. The van der Waals surface area contributed by atoms with Crippen molar-refractivity contribution in [3.63, 3.8) is 0 Å². The van der Waals surface area contributed by atoms with Crippen LogP contribution in [0.1, 0.15) is 41.8 Å². The fourth-order valence-electron chi connectivity index (χ4n) is 2.50. The maximum absolute atomic E-state index is 5.57. The highest BCUT2D eigenvalue weighted by atomic mass is 16.5. The molecule has 0 bridgehead atoms. The van der Waals surface area contributed by atoms with Crippen LogP contribution >= 0.6 is 0 Å². The van der Waals surface area contributed by atoms with E-state index in [9.17, 15) is 0 Å². The van der Waals surface area contributed by atoms with E-state index < -0.39 is 0 Å². The summed E-state index contributed by atoms with van der Waals surface area (Å²) in [6.45, 7) is 4.60. The SMILES string of the molecule is CCCNC(c1ccc2c(c1)COC2)c1ccco1. The minimum absolute atomic E-state index is 0.126. The Morgan fingerprint density at radius 1 is 1.21 bits per heavy atom. The van der Waals surface area contributed by atoms with Gasteiger partial charge in [-0.05, 0) is 41.8 Å². The molecule has 2 heterocycles. The van der Waals surface area contributed by atoms with Crippen LogP contribution < -0.4 is 5.32 Å². The first-order valence-electron chi connectivity index (χ1n) is 6.84. The maximum atomic E-state index is 5.57.